The lowest BCUT2D eigenvalue weighted by molar-refractivity contribution is -0.140. The van der Waals surface area contributed by atoms with Crippen LogP contribution in [0.3, 0.4) is 0 Å². The molecule has 204 valence electrons. The molecule has 0 bridgehead atoms. The van der Waals surface area contributed by atoms with Crippen LogP contribution in [0, 0.1) is 0 Å². The number of anilines is 1. The number of carbonyl (C=O) groups is 2. The fourth-order valence-corrected chi connectivity index (χ4v) is 4.71. The quantitative estimate of drug-likeness (QED) is 0.404. The third-order valence-corrected chi connectivity index (χ3v) is 7.37. The summed E-state index contributed by atoms with van der Waals surface area (Å²) in [5.74, 6) is -0.141. The number of nitrogens with zero attached hydrogens (tertiary/aromatic N) is 2. The van der Waals surface area contributed by atoms with Crippen molar-refractivity contribution in [2.75, 3.05) is 31.3 Å². The Balaban J connectivity index is 2.50. The normalized spacial score (nSPS) is 12.8. The van der Waals surface area contributed by atoms with Gasteiger partial charge in [-0.15, -0.1) is 0 Å². The van der Waals surface area contributed by atoms with Gasteiger partial charge in [0, 0.05) is 23.7 Å². The highest BCUT2D eigenvalue weighted by Crippen LogP contribution is 2.33. The van der Waals surface area contributed by atoms with Gasteiger partial charge in [-0.3, -0.25) is 13.9 Å². The van der Waals surface area contributed by atoms with Gasteiger partial charge in [-0.1, -0.05) is 37.6 Å². The molecule has 0 saturated carbocycles. The van der Waals surface area contributed by atoms with E-state index in [-0.39, 0.29) is 29.9 Å². The van der Waals surface area contributed by atoms with Gasteiger partial charge in [0.15, 0.2) is 0 Å². The fourth-order valence-electron chi connectivity index (χ4n) is 3.73. The van der Waals surface area contributed by atoms with Gasteiger partial charge in [0.1, 0.15) is 24.1 Å². The number of hydrogen-bond acceptors (Lipinski definition) is 6. The summed E-state index contributed by atoms with van der Waals surface area (Å²) < 4.78 is 37.3. The zero-order valence-electron chi connectivity index (χ0n) is 22.2. The molecule has 0 spiro atoms. The molecule has 0 heterocycles. The van der Waals surface area contributed by atoms with Crippen molar-refractivity contribution in [2.24, 2.45) is 0 Å². The van der Waals surface area contributed by atoms with E-state index < -0.39 is 28.5 Å². The van der Waals surface area contributed by atoms with Crippen LogP contribution in [0.15, 0.2) is 42.5 Å². The molecule has 0 aliphatic heterocycles. The summed E-state index contributed by atoms with van der Waals surface area (Å²) in [5, 5.41) is 3.48. The molecule has 2 aromatic carbocycles. The Bertz CT molecular complexity index is 1170. The van der Waals surface area contributed by atoms with Crippen LogP contribution in [0.4, 0.5) is 5.69 Å². The van der Waals surface area contributed by atoms with E-state index in [2.05, 4.69) is 5.32 Å². The molecule has 0 radical (unpaired) electrons. The summed E-state index contributed by atoms with van der Waals surface area (Å²) in [5.41, 5.74) is 0.933. The molecule has 2 aromatic rings. The number of rotatable bonds is 13. The van der Waals surface area contributed by atoms with Gasteiger partial charge < -0.3 is 19.7 Å². The largest absolute Gasteiger partial charge is 0.497 e. The van der Waals surface area contributed by atoms with Crippen LogP contribution in [-0.4, -0.2) is 64.2 Å². The monoisotopic (exact) mass is 553 g/mol. The Morgan fingerprint density at radius 1 is 1.03 bits per heavy atom. The van der Waals surface area contributed by atoms with E-state index in [1.54, 1.807) is 30.3 Å². The van der Waals surface area contributed by atoms with Crippen LogP contribution < -0.4 is 19.1 Å². The third-order valence-electron chi connectivity index (χ3n) is 5.99. The molecule has 2 atom stereocenters. The second-order valence-corrected chi connectivity index (χ2v) is 11.0. The van der Waals surface area contributed by atoms with Crippen LogP contribution >= 0.6 is 11.6 Å². The zero-order chi connectivity index (χ0) is 27.8. The lowest BCUT2D eigenvalue weighted by Gasteiger charge is -2.33. The van der Waals surface area contributed by atoms with E-state index in [1.807, 2.05) is 20.8 Å². The summed E-state index contributed by atoms with van der Waals surface area (Å²) >= 11 is 6.02. The number of nitrogens with one attached hydrogen (secondary N) is 1. The predicted molar refractivity (Wildman–Crippen MR) is 146 cm³/mol. The van der Waals surface area contributed by atoms with Gasteiger partial charge in [-0.2, -0.15) is 0 Å². The smallest absolute Gasteiger partial charge is 0.244 e. The molecule has 2 rings (SSSR count). The first kappa shape index (κ1) is 30.2. The molecule has 0 aromatic heterocycles. The Morgan fingerprint density at radius 2 is 1.68 bits per heavy atom. The topological polar surface area (TPSA) is 105 Å². The van der Waals surface area contributed by atoms with E-state index in [4.69, 9.17) is 21.1 Å². The molecule has 0 unspecified atom stereocenters. The van der Waals surface area contributed by atoms with Crippen molar-refractivity contribution < 1.29 is 27.5 Å². The molecule has 9 nitrogen and oxygen atoms in total. The maximum atomic E-state index is 13.8. The van der Waals surface area contributed by atoms with Crippen LogP contribution in [0.5, 0.6) is 11.5 Å². The number of hydrogen-bond donors (Lipinski definition) is 1. The van der Waals surface area contributed by atoms with Crippen molar-refractivity contribution in [3.63, 3.8) is 0 Å². The van der Waals surface area contributed by atoms with Crippen molar-refractivity contribution in [1.29, 1.82) is 0 Å². The third kappa shape index (κ3) is 8.26. The average Bonchev–Trinajstić information content (AvgIpc) is 2.86. The SMILES string of the molecule is CC[C@@H](C)NC(=O)[C@H](CC)N(Cc1ccc(Cl)cc1)C(=O)CN(c1ccc(OC)cc1OC)S(C)(=O)=O. The van der Waals surface area contributed by atoms with Gasteiger partial charge in [-0.25, -0.2) is 8.42 Å². The van der Waals surface area contributed by atoms with E-state index in [0.717, 1.165) is 22.5 Å². The lowest BCUT2D eigenvalue weighted by Crippen LogP contribution is -2.53. The van der Waals surface area contributed by atoms with Gasteiger partial charge in [0.25, 0.3) is 0 Å². The first-order chi connectivity index (χ1) is 17.4. The number of methoxy groups -OCH3 is 2. The highest BCUT2D eigenvalue weighted by molar-refractivity contribution is 7.92. The number of carbonyl (C=O) groups excluding carboxylic acids is 2. The maximum absolute atomic E-state index is 13.8. The molecular weight excluding hydrogens is 518 g/mol. The molecule has 11 heteroatoms. The number of halogens is 1. The Hall–Kier alpha value is -2.98. The van der Waals surface area contributed by atoms with Gasteiger partial charge in [-0.05, 0) is 49.6 Å². The number of sulfonamides is 1. The van der Waals surface area contributed by atoms with E-state index >= 15 is 0 Å². The molecule has 0 saturated heterocycles. The average molecular weight is 554 g/mol. The molecular formula is C26H36ClN3O6S. The Labute approximate surface area is 224 Å². The van der Waals surface area contributed by atoms with Crippen molar-refractivity contribution in [1.82, 2.24) is 10.2 Å². The van der Waals surface area contributed by atoms with Crippen LogP contribution in [0.25, 0.3) is 0 Å². The molecule has 0 fully saturated rings. The van der Waals surface area contributed by atoms with E-state index in [1.165, 1.54) is 31.3 Å². The molecule has 1 N–H and O–H groups in total. The van der Waals surface area contributed by atoms with Crippen LogP contribution in [0.1, 0.15) is 39.2 Å². The first-order valence-electron chi connectivity index (χ1n) is 12.0. The molecule has 0 aliphatic rings. The van der Waals surface area contributed by atoms with Crippen molar-refractivity contribution >= 4 is 39.1 Å². The summed E-state index contributed by atoms with van der Waals surface area (Å²) in [6, 6.07) is 10.7. The lowest BCUT2D eigenvalue weighted by atomic mass is 10.1. The van der Waals surface area contributed by atoms with Gasteiger partial charge in [0.2, 0.25) is 21.8 Å². The second-order valence-electron chi connectivity index (χ2n) is 8.70. The maximum Gasteiger partial charge on any atom is 0.244 e. The summed E-state index contributed by atoms with van der Waals surface area (Å²) in [4.78, 5) is 28.4. The van der Waals surface area contributed by atoms with Crippen molar-refractivity contribution in [2.45, 2.75) is 52.2 Å². The first-order valence-corrected chi connectivity index (χ1v) is 14.2. The van der Waals surface area contributed by atoms with Crippen LogP contribution in [-0.2, 0) is 26.2 Å². The standard InChI is InChI=1S/C26H36ClN3O6S/c1-7-18(3)28-26(32)22(8-2)29(16-19-9-11-20(27)12-10-19)25(31)17-30(37(6,33)34)23-14-13-21(35-4)15-24(23)36-5/h9-15,18,22H,7-8,16-17H2,1-6H3,(H,28,32)/t18-,22+/m1/s1. The minimum Gasteiger partial charge on any atom is -0.497 e. The van der Waals surface area contributed by atoms with Crippen molar-refractivity contribution in [3.8, 4) is 11.5 Å². The highest BCUT2D eigenvalue weighted by atomic mass is 35.5. The van der Waals surface area contributed by atoms with Crippen LogP contribution in [0.2, 0.25) is 5.02 Å². The Morgan fingerprint density at radius 3 is 2.19 bits per heavy atom. The Kier molecular flexibility index (Phi) is 11.1. The summed E-state index contributed by atoms with van der Waals surface area (Å²) in [7, 11) is -1.02. The van der Waals surface area contributed by atoms with Gasteiger partial charge in [0.05, 0.1) is 26.2 Å². The minimum atomic E-state index is -3.91. The molecule has 0 aliphatic carbocycles. The van der Waals surface area contributed by atoms with E-state index in [0.29, 0.717) is 17.2 Å². The second kappa shape index (κ2) is 13.5. The highest BCUT2D eigenvalue weighted by Gasteiger charge is 2.33. The number of amides is 2. The molecule has 37 heavy (non-hydrogen) atoms. The summed E-state index contributed by atoms with van der Waals surface area (Å²) in [6.45, 7) is 5.22. The van der Waals surface area contributed by atoms with E-state index in [9.17, 15) is 18.0 Å². The number of ether oxygens (including phenoxy) is 2. The summed E-state index contributed by atoms with van der Waals surface area (Å²) in [6.07, 6.45) is 2.08. The zero-order valence-corrected chi connectivity index (χ0v) is 23.7. The predicted octanol–water partition coefficient (Wildman–Crippen LogP) is 3.85. The van der Waals surface area contributed by atoms with Gasteiger partial charge >= 0.3 is 0 Å². The van der Waals surface area contributed by atoms with Crippen molar-refractivity contribution in [3.05, 3.63) is 53.1 Å². The molecule has 2 amide bonds. The minimum absolute atomic E-state index is 0.0786. The number of benzene rings is 2. The fraction of sp³-hybridized carbons (Fsp3) is 0.462.